The van der Waals surface area contributed by atoms with Gasteiger partial charge < -0.3 is 20.4 Å². The number of nitrogens with one attached hydrogen (secondary N) is 2. The third kappa shape index (κ3) is 6.37. The Morgan fingerprint density at radius 3 is 1.82 bits per heavy atom. The zero-order valence-electron chi connectivity index (χ0n) is 19.7. The minimum absolute atomic E-state index is 0.0441. The number of hydrogen-bond donors (Lipinski definition) is 2. The van der Waals surface area contributed by atoms with Crippen molar-refractivity contribution in [3.8, 4) is 0 Å². The molecule has 0 aliphatic carbocycles. The number of carbonyl (C=O) groups excluding carboxylic acids is 3. The average molecular weight is 463 g/mol. The van der Waals surface area contributed by atoms with Crippen LogP contribution in [0.15, 0.2) is 48.5 Å². The maximum atomic E-state index is 12.7. The van der Waals surface area contributed by atoms with E-state index in [0.717, 1.165) is 57.5 Å². The van der Waals surface area contributed by atoms with Gasteiger partial charge in [0.1, 0.15) is 0 Å². The lowest BCUT2D eigenvalue weighted by molar-refractivity contribution is -0.114. The topological polar surface area (TPSA) is 81.8 Å². The van der Waals surface area contributed by atoms with Gasteiger partial charge in [-0.3, -0.25) is 14.4 Å². The molecular formula is C27H34N4O3. The Balaban J connectivity index is 1.27. The number of anilines is 2. The van der Waals surface area contributed by atoms with Crippen LogP contribution in [-0.2, 0) is 4.79 Å². The third-order valence-corrected chi connectivity index (χ3v) is 6.51. The highest BCUT2D eigenvalue weighted by Gasteiger charge is 2.19. The van der Waals surface area contributed by atoms with Gasteiger partial charge in [0.25, 0.3) is 11.8 Å². The molecule has 0 unspecified atom stereocenters. The van der Waals surface area contributed by atoms with Crippen LogP contribution in [0.5, 0.6) is 0 Å². The van der Waals surface area contributed by atoms with Crippen LogP contribution < -0.4 is 10.6 Å². The smallest absolute Gasteiger partial charge is 0.253 e. The van der Waals surface area contributed by atoms with E-state index in [4.69, 9.17) is 0 Å². The van der Waals surface area contributed by atoms with Gasteiger partial charge in [-0.1, -0.05) is 18.9 Å². The summed E-state index contributed by atoms with van der Waals surface area (Å²) in [6.45, 7) is 3.32. The first kappa shape index (κ1) is 23.8. The Kier molecular flexibility index (Phi) is 8.17. The van der Waals surface area contributed by atoms with Gasteiger partial charge in [0.05, 0.1) is 6.54 Å². The zero-order valence-corrected chi connectivity index (χ0v) is 19.7. The van der Waals surface area contributed by atoms with Crippen LogP contribution in [0.3, 0.4) is 0 Å². The Bertz CT molecular complexity index is 991. The lowest BCUT2D eigenvalue weighted by Gasteiger charge is -2.26. The summed E-state index contributed by atoms with van der Waals surface area (Å²) in [5.41, 5.74) is 2.66. The van der Waals surface area contributed by atoms with Gasteiger partial charge in [-0.25, -0.2) is 0 Å². The number of carbonyl (C=O) groups is 3. The highest BCUT2D eigenvalue weighted by Crippen LogP contribution is 2.18. The minimum Gasteiger partial charge on any atom is -0.376 e. The molecule has 34 heavy (non-hydrogen) atoms. The fraction of sp³-hybridized carbons (Fsp3) is 0.444. The molecule has 2 saturated heterocycles. The molecular weight excluding hydrogens is 428 g/mol. The molecule has 2 fully saturated rings. The Hall–Kier alpha value is -3.35. The van der Waals surface area contributed by atoms with Crippen LogP contribution in [0.2, 0.25) is 0 Å². The van der Waals surface area contributed by atoms with Crippen molar-refractivity contribution < 1.29 is 14.4 Å². The zero-order chi connectivity index (χ0) is 23.8. The monoisotopic (exact) mass is 462 g/mol. The Morgan fingerprint density at radius 1 is 0.647 bits per heavy atom. The number of amides is 3. The van der Waals surface area contributed by atoms with Crippen molar-refractivity contribution in [2.75, 3.05) is 43.4 Å². The van der Waals surface area contributed by atoms with Crippen LogP contribution in [0.1, 0.15) is 65.7 Å². The molecule has 180 valence electrons. The lowest BCUT2D eigenvalue weighted by atomic mass is 10.1. The molecule has 2 N–H and O–H groups in total. The van der Waals surface area contributed by atoms with Crippen molar-refractivity contribution in [1.82, 2.24) is 9.80 Å². The molecule has 3 amide bonds. The number of rotatable bonds is 6. The van der Waals surface area contributed by atoms with E-state index in [9.17, 15) is 14.4 Å². The molecule has 2 aromatic rings. The summed E-state index contributed by atoms with van der Waals surface area (Å²) in [7, 11) is 0. The normalized spacial score (nSPS) is 16.5. The van der Waals surface area contributed by atoms with E-state index in [1.807, 2.05) is 28.0 Å². The average Bonchev–Trinajstić information content (AvgIpc) is 3.17. The second-order valence-corrected chi connectivity index (χ2v) is 9.12. The van der Waals surface area contributed by atoms with E-state index in [1.54, 1.807) is 30.3 Å². The first-order valence-electron chi connectivity index (χ1n) is 12.4. The molecule has 0 bridgehead atoms. The molecule has 2 aliphatic heterocycles. The molecule has 2 heterocycles. The van der Waals surface area contributed by atoms with Crippen molar-refractivity contribution in [2.45, 2.75) is 44.9 Å². The van der Waals surface area contributed by atoms with Gasteiger partial charge in [0.15, 0.2) is 0 Å². The van der Waals surface area contributed by atoms with Crippen molar-refractivity contribution in [2.24, 2.45) is 0 Å². The van der Waals surface area contributed by atoms with Crippen LogP contribution in [-0.4, -0.2) is 60.2 Å². The highest BCUT2D eigenvalue weighted by molar-refractivity contribution is 5.97. The molecule has 7 heteroatoms. The lowest BCUT2D eigenvalue weighted by Crippen LogP contribution is -2.35. The standard InChI is InChI=1S/C27H34N4O3/c32-25(20-28-24-10-8-9-22(19-24)27(34)31-17-6-3-7-18-31)29-23-13-11-21(12-14-23)26(33)30-15-4-1-2-5-16-30/h8-14,19,28H,1-7,15-18,20H2,(H,29,32). The van der Waals surface area contributed by atoms with Crippen molar-refractivity contribution >= 4 is 29.1 Å². The molecule has 0 aromatic heterocycles. The van der Waals surface area contributed by atoms with Crippen molar-refractivity contribution in [3.63, 3.8) is 0 Å². The third-order valence-electron chi connectivity index (χ3n) is 6.51. The summed E-state index contributed by atoms with van der Waals surface area (Å²) in [5, 5.41) is 5.95. The summed E-state index contributed by atoms with van der Waals surface area (Å²) < 4.78 is 0. The number of benzene rings is 2. The fourth-order valence-corrected chi connectivity index (χ4v) is 4.58. The molecule has 7 nitrogen and oxygen atoms in total. The summed E-state index contributed by atoms with van der Waals surface area (Å²) in [6, 6.07) is 14.4. The van der Waals surface area contributed by atoms with E-state index in [-0.39, 0.29) is 24.3 Å². The van der Waals surface area contributed by atoms with Crippen molar-refractivity contribution in [3.05, 3.63) is 59.7 Å². The quantitative estimate of drug-likeness (QED) is 0.668. The number of nitrogens with zero attached hydrogens (tertiary/aromatic N) is 2. The van der Waals surface area contributed by atoms with Crippen LogP contribution in [0.4, 0.5) is 11.4 Å². The predicted molar refractivity (Wildman–Crippen MR) is 134 cm³/mol. The molecule has 2 aliphatic rings. The first-order chi connectivity index (χ1) is 16.6. The van der Waals surface area contributed by atoms with E-state index in [1.165, 1.54) is 19.3 Å². The van der Waals surface area contributed by atoms with Gasteiger partial charge in [0.2, 0.25) is 5.91 Å². The van der Waals surface area contributed by atoms with Crippen LogP contribution in [0.25, 0.3) is 0 Å². The largest absolute Gasteiger partial charge is 0.376 e. The molecule has 4 rings (SSSR count). The number of piperidine rings is 1. The van der Waals surface area contributed by atoms with E-state index in [2.05, 4.69) is 10.6 Å². The maximum absolute atomic E-state index is 12.7. The van der Waals surface area contributed by atoms with Gasteiger partial charge in [0, 0.05) is 48.7 Å². The van der Waals surface area contributed by atoms with Crippen LogP contribution >= 0.6 is 0 Å². The van der Waals surface area contributed by atoms with E-state index >= 15 is 0 Å². The minimum atomic E-state index is -0.195. The second kappa shape index (κ2) is 11.7. The molecule has 0 spiro atoms. The fourth-order valence-electron chi connectivity index (χ4n) is 4.58. The Morgan fingerprint density at radius 2 is 1.21 bits per heavy atom. The van der Waals surface area contributed by atoms with E-state index < -0.39 is 0 Å². The van der Waals surface area contributed by atoms with Gasteiger partial charge in [-0.2, -0.15) is 0 Å². The van der Waals surface area contributed by atoms with E-state index in [0.29, 0.717) is 16.8 Å². The summed E-state index contributed by atoms with van der Waals surface area (Å²) in [6.07, 6.45) is 7.76. The Labute approximate surface area is 201 Å². The summed E-state index contributed by atoms with van der Waals surface area (Å²) >= 11 is 0. The predicted octanol–water partition coefficient (Wildman–Crippen LogP) is 4.38. The van der Waals surface area contributed by atoms with Gasteiger partial charge >= 0.3 is 0 Å². The summed E-state index contributed by atoms with van der Waals surface area (Å²) in [5.74, 6) is -0.0950. The number of hydrogen-bond acceptors (Lipinski definition) is 4. The highest BCUT2D eigenvalue weighted by atomic mass is 16.2. The molecule has 0 atom stereocenters. The SMILES string of the molecule is O=C(CNc1cccc(C(=O)N2CCCCC2)c1)Nc1ccc(C(=O)N2CCCCCC2)cc1. The molecule has 2 aromatic carbocycles. The summed E-state index contributed by atoms with van der Waals surface area (Å²) in [4.78, 5) is 41.7. The van der Waals surface area contributed by atoms with Gasteiger partial charge in [-0.15, -0.1) is 0 Å². The first-order valence-corrected chi connectivity index (χ1v) is 12.4. The molecule has 0 saturated carbocycles. The van der Waals surface area contributed by atoms with Gasteiger partial charge in [-0.05, 0) is 74.6 Å². The second-order valence-electron chi connectivity index (χ2n) is 9.12. The van der Waals surface area contributed by atoms with Crippen molar-refractivity contribution in [1.29, 1.82) is 0 Å². The molecule has 0 radical (unpaired) electrons. The van der Waals surface area contributed by atoms with Crippen LogP contribution in [0, 0.1) is 0 Å². The maximum Gasteiger partial charge on any atom is 0.253 e. The number of likely N-dealkylation sites (tertiary alicyclic amines) is 2.